The highest BCUT2D eigenvalue weighted by molar-refractivity contribution is 7.89. The molecule has 0 aliphatic carbocycles. The topological polar surface area (TPSA) is 58.6 Å². The Kier molecular flexibility index (Phi) is 8.31. The highest BCUT2D eigenvalue weighted by Crippen LogP contribution is 2.32. The summed E-state index contributed by atoms with van der Waals surface area (Å²) in [7, 11) is -2.20. The van der Waals surface area contributed by atoms with E-state index in [1.807, 2.05) is 43.3 Å². The maximum atomic E-state index is 13.9. The van der Waals surface area contributed by atoms with Crippen LogP contribution in [0.1, 0.15) is 25.3 Å². The highest BCUT2D eigenvalue weighted by Gasteiger charge is 2.31. The molecule has 0 spiro atoms. The van der Waals surface area contributed by atoms with Gasteiger partial charge in [-0.25, -0.2) is 8.42 Å². The van der Waals surface area contributed by atoms with Crippen LogP contribution in [0, 0.1) is 5.92 Å². The van der Waals surface area contributed by atoms with Crippen LogP contribution in [0.2, 0.25) is 0 Å². The van der Waals surface area contributed by atoms with Crippen molar-refractivity contribution < 1.29 is 13.2 Å². The summed E-state index contributed by atoms with van der Waals surface area (Å²) in [6.07, 6.45) is 5.45. The summed E-state index contributed by atoms with van der Waals surface area (Å²) >= 11 is 0. The number of methoxy groups -OCH3 is 1. The van der Waals surface area contributed by atoms with Gasteiger partial charge >= 0.3 is 0 Å². The lowest BCUT2D eigenvalue weighted by Crippen LogP contribution is -2.39. The number of ether oxygens (including phenoxy) is 1. The van der Waals surface area contributed by atoms with Gasteiger partial charge in [0.1, 0.15) is 0 Å². The first-order valence-corrected chi connectivity index (χ1v) is 12.3. The summed E-state index contributed by atoms with van der Waals surface area (Å²) in [6, 6.07) is 18.3. The van der Waals surface area contributed by atoms with Crippen LogP contribution in [0.4, 0.5) is 0 Å². The number of nitrogens with zero attached hydrogens (tertiary/aromatic N) is 1. The number of sulfonamides is 1. The summed E-state index contributed by atoms with van der Waals surface area (Å²) in [5.74, 6) is 0.941. The lowest BCUT2D eigenvalue weighted by molar-refractivity contribution is 0.293. The van der Waals surface area contributed by atoms with Gasteiger partial charge < -0.3 is 10.1 Å². The molecule has 1 N–H and O–H groups in total. The predicted octanol–water partition coefficient (Wildman–Crippen LogP) is 4.82. The first-order valence-electron chi connectivity index (χ1n) is 10.9. The van der Waals surface area contributed by atoms with E-state index in [0.29, 0.717) is 23.6 Å². The number of piperidine rings is 1. The zero-order valence-electron chi connectivity index (χ0n) is 18.8. The molecule has 2 aromatic rings. The normalized spacial score (nSPS) is 15.9. The molecule has 32 heavy (non-hydrogen) atoms. The average Bonchev–Trinajstić information content (AvgIpc) is 2.84. The van der Waals surface area contributed by atoms with Crippen molar-refractivity contribution in [2.24, 2.45) is 5.92 Å². The van der Waals surface area contributed by atoms with Crippen LogP contribution < -0.4 is 5.32 Å². The van der Waals surface area contributed by atoms with E-state index in [9.17, 15) is 8.42 Å². The van der Waals surface area contributed by atoms with Gasteiger partial charge in [0.25, 0.3) is 10.0 Å². The third-order valence-corrected chi connectivity index (χ3v) is 7.51. The molecule has 0 bridgehead atoms. The quantitative estimate of drug-likeness (QED) is 0.438. The second-order valence-corrected chi connectivity index (χ2v) is 9.78. The van der Waals surface area contributed by atoms with E-state index in [2.05, 4.69) is 11.9 Å². The summed E-state index contributed by atoms with van der Waals surface area (Å²) in [5, 5.41) is 3.36. The molecular formula is C26H32N2O3S. The monoisotopic (exact) mass is 452 g/mol. The zero-order valence-corrected chi connectivity index (χ0v) is 19.6. The number of nitrogens with one attached hydrogen (secondary N) is 1. The van der Waals surface area contributed by atoms with Crippen LogP contribution >= 0.6 is 0 Å². The lowest BCUT2D eigenvalue weighted by Gasteiger charge is -2.33. The molecule has 1 saturated heterocycles. The van der Waals surface area contributed by atoms with Crippen LogP contribution in [-0.4, -0.2) is 39.5 Å². The third-order valence-electron chi connectivity index (χ3n) is 5.71. The standard InChI is InChI=1S/C26H32N2O3S/c1-21(31-3)14-15-26(22(2)24-10-6-4-7-11-24)28(20-23-16-18-27-19-17-23)32(29,30)25-12-8-5-9-13-25/h4-15,23,27H,2,16-20H2,1,3H3/b21-14+,26-15+. The molecular weight excluding hydrogens is 420 g/mol. The van der Waals surface area contributed by atoms with E-state index < -0.39 is 10.0 Å². The van der Waals surface area contributed by atoms with E-state index in [1.54, 1.807) is 43.5 Å². The minimum Gasteiger partial charge on any atom is -0.501 e. The van der Waals surface area contributed by atoms with Crippen molar-refractivity contribution in [1.29, 1.82) is 0 Å². The molecule has 0 radical (unpaired) electrons. The van der Waals surface area contributed by atoms with Crippen LogP contribution in [0.25, 0.3) is 5.57 Å². The fraction of sp³-hybridized carbons (Fsp3) is 0.308. The maximum absolute atomic E-state index is 13.9. The largest absolute Gasteiger partial charge is 0.501 e. The van der Waals surface area contributed by atoms with Gasteiger partial charge in [-0.1, -0.05) is 55.1 Å². The van der Waals surface area contributed by atoms with Crippen molar-refractivity contribution in [3.05, 3.63) is 96.4 Å². The van der Waals surface area contributed by atoms with Crippen molar-refractivity contribution in [1.82, 2.24) is 9.62 Å². The number of hydrogen-bond acceptors (Lipinski definition) is 4. The predicted molar refractivity (Wildman–Crippen MR) is 130 cm³/mol. The van der Waals surface area contributed by atoms with E-state index in [-0.39, 0.29) is 10.8 Å². The van der Waals surface area contributed by atoms with Gasteiger partial charge in [-0.3, -0.25) is 4.31 Å². The third kappa shape index (κ3) is 5.90. The Morgan fingerprint density at radius 1 is 1.06 bits per heavy atom. The van der Waals surface area contributed by atoms with Gasteiger partial charge in [-0.2, -0.15) is 0 Å². The Morgan fingerprint density at radius 2 is 1.66 bits per heavy atom. The Morgan fingerprint density at radius 3 is 2.25 bits per heavy atom. The van der Waals surface area contributed by atoms with Crippen molar-refractivity contribution in [2.75, 3.05) is 26.7 Å². The Hall–Kier alpha value is -2.83. The van der Waals surface area contributed by atoms with Gasteiger partial charge in [-0.15, -0.1) is 0 Å². The first-order chi connectivity index (χ1) is 15.4. The zero-order chi connectivity index (χ0) is 23.0. The second-order valence-electron chi connectivity index (χ2n) is 7.92. The second kappa shape index (κ2) is 11.2. The Labute approximate surface area is 192 Å². The smallest absolute Gasteiger partial charge is 0.264 e. The first kappa shape index (κ1) is 23.8. The molecule has 3 rings (SSSR count). The van der Waals surface area contributed by atoms with Crippen molar-refractivity contribution in [3.63, 3.8) is 0 Å². The maximum Gasteiger partial charge on any atom is 0.264 e. The molecule has 1 fully saturated rings. The van der Waals surface area contributed by atoms with E-state index in [1.165, 1.54) is 4.31 Å². The van der Waals surface area contributed by atoms with Gasteiger partial charge in [0, 0.05) is 6.54 Å². The van der Waals surface area contributed by atoms with Crippen LogP contribution in [0.15, 0.2) is 95.7 Å². The minimum atomic E-state index is -3.79. The Balaban J connectivity index is 2.12. The molecule has 0 aromatic heterocycles. The number of rotatable bonds is 9. The van der Waals surface area contributed by atoms with Gasteiger partial charge in [0.05, 0.1) is 23.5 Å². The Bertz CT molecular complexity index is 1050. The summed E-state index contributed by atoms with van der Waals surface area (Å²) < 4.78 is 34.6. The number of hydrogen-bond donors (Lipinski definition) is 1. The van der Waals surface area contributed by atoms with Crippen LogP contribution in [0.5, 0.6) is 0 Å². The molecule has 0 amide bonds. The summed E-state index contributed by atoms with van der Waals surface area (Å²) in [5.41, 5.74) is 2.08. The fourth-order valence-corrected chi connectivity index (χ4v) is 5.32. The van der Waals surface area contributed by atoms with Crippen molar-refractivity contribution >= 4 is 15.6 Å². The SMILES string of the molecule is C=C(/C(=C\C=C(/C)OC)N(CC1CCNCC1)S(=O)(=O)c1ccccc1)c1ccccc1. The number of benzene rings is 2. The molecule has 2 aromatic carbocycles. The van der Waals surface area contributed by atoms with Crippen molar-refractivity contribution in [2.45, 2.75) is 24.7 Å². The molecule has 1 aliphatic rings. The van der Waals surface area contributed by atoms with E-state index in [4.69, 9.17) is 4.74 Å². The molecule has 1 aliphatic heterocycles. The molecule has 1 heterocycles. The molecule has 0 saturated carbocycles. The minimum absolute atomic E-state index is 0.259. The lowest BCUT2D eigenvalue weighted by atomic mass is 9.97. The van der Waals surface area contributed by atoms with E-state index >= 15 is 0 Å². The van der Waals surface area contributed by atoms with Crippen LogP contribution in [0.3, 0.4) is 0 Å². The fourth-order valence-electron chi connectivity index (χ4n) is 3.73. The highest BCUT2D eigenvalue weighted by atomic mass is 32.2. The molecule has 0 atom stereocenters. The number of allylic oxidation sites excluding steroid dienone is 4. The molecule has 170 valence electrons. The van der Waals surface area contributed by atoms with Gasteiger partial charge in [0.2, 0.25) is 0 Å². The molecule has 6 heteroatoms. The van der Waals surface area contributed by atoms with Crippen LogP contribution in [-0.2, 0) is 14.8 Å². The molecule has 0 unspecified atom stereocenters. The van der Waals surface area contributed by atoms with E-state index in [0.717, 1.165) is 31.5 Å². The average molecular weight is 453 g/mol. The van der Waals surface area contributed by atoms with Crippen molar-refractivity contribution in [3.8, 4) is 0 Å². The van der Waals surface area contributed by atoms with Gasteiger partial charge in [-0.05, 0) is 74.2 Å². The summed E-state index contributed by atoms with van der Waals surface area (Å²) in [4.78, 5) is 0.271. The van der Waals surface area contributed by atoms with Gasteiger partial charge in [0.15, 0.2) is 0 Å². The molecule has 5 nitrogen and oxygen atoms in total. The summed E-state index contributed by atoms with van der Waals surface area (Å²) in [6.45, 7) is 8.32.